The molecule has 0 saturated carbocycles. The van der Waals surface area contributed by atoms with Gasteiger partial charge in [-0.05, 0) is 48.9 Å². The third-order valence-electron chi connectivity index (χ3n) is 4.53. The van der Waals surface area contributed by atoms with Gasteiger partial charge in [0.2, 0.25) is 5.16 Å². The summed E-state index contributed by atoms with van der Waals surface area (Å²) < 4.78 is 13.1. The van der Waals surface area contributed by atoms with Crippen LogP contribution in [0.4, 0.5) is 0 Å². The van der Waals surface area contributed by atoms with Gasteiger partial charge >= 0.3 is 5.97 Å². The van der Waals surface area contributed by atoms with Gasteiger partial charge in [-0.3, -0.25) is 0 Å². The average molecular weight is 499 g/mol. The molecule has 0 unspecified atom stereocenters. The van der Waals surface area contributed by atoms with E-state index in [1.54, 1.807) is 24.8 Å². The maximum absolute atomic E-state index is 12.8. The van der Waals surface area contributed by atoms with Crippen molar-refractivity contribution in [2.75, 3.05) is 19.5 Å². The summed E-state index contributed by atoms with van der Waals surface area (Å²) in [6, 6.07) is 15.2. The summed E-state index contributed by atoms with van der Waals surface area (Å²) >= 11 is 5.01. The minimum atomic E-state index is -0.417. The van der Waals surface area contributed by atoms with Crippen LogP contribution >= 0.6 is 27.7 Å². The zero-order valence-electron chi connectivity index (χ0n) is 16.9. The van der Waals surface area contributed by atoms with Crippen molar-refractivity contribution in [3.8, 4) is 17.1 Å². The van der Waals surface area contributed by atoms with Gasteiger partial charge in [-0.15, -0.1) is 10.2 Å². The second-order valence-electron chi connectivity index (χ2n) is 6.48. The number of fused-ring (bicyclic) bond motifs is 1. The Morgan fingerprint density at radius 2 is 1.97 bits per heavy atom. The zero-order valence-corrected chi connectivity index (χ0v) is 19.3. The molecule has 7 nitrogen and oxygen atoms in total. The Morgan fingerprint density at radius 1 is 1.19 bits per heavy atom. The van der Waals surface area contributed by atoms with Gasteiger partial charge in [0.05, 0.1) is 25.0 Å². The highest BCUT2D eigenvalue weighted by Crippen LogP contribution is 2.30. The number of carbonyl (C=O) groups excluding carboxylic acids is 1. The first-order valence-electron chi connectivity index (χ1n) is 9.55. The molecule has 0 radical (unpaired) electrons. The van der Waals surface area contributed by atoms with Crippen molar-refractivity contribution in [1.29, 1.82) is 0 Å². The lowest BCUT2D eigenvalue weighted by Crippen LogP contribution is -2.21. The molecule has 0 amide bonds. The van der Waals surface area contributed by atoms with E-state index in [0.717, 1.165) is 21.3 Å². The van der Waals surface area contributed by atoms with E-state index in [4.69, 9.17) is 14.6 Å². The molecule has 0 spiro atoms. The quantitative estimate of drug-likeness (QED) is 0.362. The Morgan fingerprint density at radius 3 is 2.68 bits per heavy atom. The van der Waals surface area contributed by atoms with Gasteiger partial charge in [0.1, 0.15) is 5.75 Å². The van der Waals surface area contributed by atoms with Crippen molar-refractivity contribution in [3.63, 3.8) is 0 Å². The van der Waals surface area contributed by atoms with Crippen molar-refractivity contribution in [1.82, 2.24) is 14.9 Å². The van der Waals surface area contributed by atoms with Gasteiger partial charge in [0, 0.05) is 15.8 Å². The molecule has 1 aliphatic heterocycles. The molecule has 1 aromatic heterocycles. The highest BCUT2D eigenvalue weighted by atomic mass is 79.9. The standard InChI is InChI=1S/C22H19BrN4O3S/c1-3-30-21(28)17(12-15-6-4-5-7-18(15)23)19-13-31-22-25-24-20(27(22)26-19)14-8-10-16(29-2)11-9-14/h4-12H,3,13H2,1-2H3/b17-12-. The molecule has 31 heavy (non-hydrogen) atoms. The fourth-order valence-corrected chi connectivity index (χ4v) is 4.22. The number of hydrogen-bond acceptors (Lipinski definition) is 7. The topological polar surface area (TPSA) is 78.6 Å². The second kappa shape index (κ2) is 9.49. The number of halogens is 1. The van der Waals surface area contributed by atoms with Crippen LogP contribution in [0.5, 0.6) is 5.75 Å². The number of hydrogen-bond donors (Lipinski definition) is 0. The minimum Gasteiger partial charge on any atom is -0.497 e. The molecule has 0 aliphatic carbocycles. The van der Waals surface area contributed by atoms with Gasteiger partial charge < -0.3 is 9.47 Å². The first-order chi connectivity index (χ1) is 15.1. The highest BCUT2D eigenvalue weighted by molar-refractivity contribution is 9.10. The van der Waals surface area contributed by atoms with Crippen LogP contribution in [-0.2, 0) is 9.53 Å². The molecule has 2 heterocycles. The van der Waals surface area contributed by atoms with E-state index in [0.29, 0.717) is 28.0 Å². The summed E-state index contributed by atoms with van der Waals surface area (Å²) in [6.45, 7) is 2.06. The lowest BCUT2D eigenvalue weighted by Gasteiger charge is -2.16. The first-order valence-corrected chi connectivity index (χ1v) is 11.3. The van der Waals surface area contributed by atoms with Crippen LogP contribution in [0, 0.1) is 0 Å². The SMILES string of the molecule is CCOC(=O)/C(=C\c1ccccc1Br)C1=Nn2c(nnc2-c2ccc(OC)cc2)SC1. The zero-order chi connectivity index (χ0) is 21.8. The predicted octanol–water partition coefficient (Wildman–Crippen LogP) is 4.67. The third kappa shape index (κ3) is 4.57. The molecule has 0 saturated heterocycles. The van der Waals surface area contributed by atoms with Crippen LogP contribution in [0.1, 0.15) is 12.5 Å². The Bertz CT molecular complexity index is 1170. The average Bonchev–Trinajstić information content (AvgIpc) is 3.22. The summed E-state index contributed by atoms with van der Waals surface area (Å²) in [6.07, 6.45) is 1.80. The van der Waals surface area contributed by atoms with Crippen LogP contribution in [0.2, 0.25) is 0 Å². The summed E-state index contributed by atoms with van der Waals surface area (Å²) in [5.41, 5.74) is 2.71. The van der Waals surface area contributed by atoms with E-state index in [-0.39, 0.29) is 6.61 Å². The van der Waals surface area contributed by atoms with Crippen LogP contribution in [0.3, 0.4) is 0 Å². The van der Waals surface area contributed by atoms with E-state index in [1.165, 1.54) is 11.8 Å². The maximum atomic E-state index is 12.8. The molecule has 0 N–H and O–H groups in total. The number of ether oxygens (including phenoxy) is 2. The number of benzene rings is 2. The molecular weight excluding hydrogens is 480 g/mol. The van der Waals surface area contributed by atoms with E-state index < -0.39 is 5.97 Å². The fraction of sp³-hybridized carbons (Fsp3) is 0.182. The van der Waals surface area contributed by atoms with Crippen molar-refractivity contribution in [2.24, 2.45) is 5.10 Å². The normalized spacial score (nSPS) is 13.4. The maximum Gasteiger partial charge on any atom is 0.340 e. The number of esters is 1. The highest BCUT2D eigenvalue weighted by Gasteiger charge is 2.25. The number of rotatable bonds is 6. The molecule has 0 atom stereocenters. The molecule has 9 heteroatoms. The Kier molecular flexibility index (Phi) is 6.53. The largest absolute Gasteiger partial charge is 0.497 e. The van der Waals surface area contributed by atoms with Crippen LogP contribution in [0.15, 0.2) is 68.8 Å². The third-order valence-corrected chi connectivity index (χ3v) is 6.18. The summed E-state index contributed by atoms with van der Waals surface area (Å²) in [5, 5.41) is 13.9. The number of carbonyl (C=O) groups is 1. The number of methoxy groups -OCH3 is 1. The molecule has 1 aliphatic rings. The van der Waals surface area contributed by atoms with Crippen molar-refractivity contribution in [2.45, 2.75) is 12.1 Å². The molecule has 4 rings (SSSR count). The second-order valence-corrected chi connectivity index (χ2v) is 8.28. The predicted molar refractivity (Wildman–Crippen MR) is 124 cm³/mol. The molecule has 2 aromatic carbocycles. The monoisotopic (exact) mass is 498 g/mol. The first kappa shape index (κ1) is 21.3. The van der Waals surface area contributed by atoms with E-state index in [2.05, 4.69) is 26.1 Å². The fourth-order valence-electron chi connectivity index (χ4n) is 3.00. The molecule has 0 fully saturated rings. The lowest BCUT2D eigenvalue weighted by atomic mass is 10.1. The van der Waals surface area contributed by atoms with Gasteiger partial charge in [-0.25, -0.2) is 4.79 Å². The van der Waals surface area contributed by atoms with Gasteiger partial charge in [-0.1, -0.05) is 45.9 Å². The number of thioether (sulfide) groups is 1. The molecule has 3 aromatic rings. The Balaban J connectivity index is 1.77. The molecule has 0 bridgehead atoms. The van der Waals surface area contributed by atoms with Crippen molar-refractivity contribution in [3.05, 3.63) is 64.1 Å². The summed E-state index contributed by atoms with van der Waals surface area (Å²) in [4.78, 5) is 12.8. The van der Waals surface area contributed by atoms with Gasteiger partial charge in [0.25, 0.3) is 0 Å². The number of nitrogens with zero attached hydrogens (tertiary/aromatic N) is 4. The number of aromatic nitrogens is 3. The van der Waals surface area contributed by atoms with Crippen LogP contribution in [-0.4, -0.2) is 46.0 Å². The molecular formula is C22H19BrN4O3S. The van der Waals surface area contributed by atoms with E-state index >= 15 is 0 Å². The van der Waals surface area contributed by atoms with Gasteiger partial charge in [0.15, 0.2) is 5.82 Å². The summed E-state index contributed by atoms with van der Waals surface area (Å²) in [5.74, 6) is 1.41. The van der Waals surface area contributed by atoms with Crippen LogP contribution < -0.4 is 4.74 Å². The Labute approximate surface area is 192 Å². The molecule has 158 valence electrons. The van der Waals surface area contributed by atoms with Gasteiger partial charge in [-0.2, -0.15) is 9.78 Å². The summed E-state index contributed by atoms with van der Waals surface area (Å²) in [7, 11) is 1.62. The van der Waals surface area contributed by atoms with Crippen molar-refractivity contribution < 1.29 is 14.3 Å². The van der Waals surface area contributed by atoms with Crippen molar-refractivity contribution >= 4 is 45.4 Å². The van der Waals surface area contributed by atoms with Crippen LogP contribution in [0.25, 0.3) is 17.5 Å². The Hall–Kier alpha value is -2.91. The van der Waals surface area contributed by atoms with E-state index in [1.807, 2.05) is 48.5 Å². The smallest absolute Gasteiger partial charge is 0.340 e. The van der Waals surface area contributed by atoms with E-state index in [9.17, 15) is 4.79 Å². The minimum absolute atomic E-state index is 0.279. The lowest BCUT2D eigenvalue weighted by molar-refractivity contribution is -0.137.